The van der Waals surface area contributed by atoms with Gasteiger partial charge in [0.15, 0.2) is 0 Å². The third kappa shape index (κ3) is 3.66. The molecule has 1 unspecified atom stereocenters. The third-order valence-electron chi connectivity index (χ3n) is 2.75. The van der Waals surface area contributed by atoms with Gasteiger partial charge in [0.1, 0.15) is 0 Å². The SMILES string of the molecule is CC(C)C(CBr)Cn1cc([N+](=O)[O-])ccc1=O. The molecule has 1 atom stereocenters. The van der Waals surface area contributed by atoms with Gasteiger partial charge in [0.25, 0.3) is 11.2 Å². The fourth-order valence-electron chi connectivity index (χ4n) is 1.46. The third-order valence-corrected chi connectivity index (χ3v) is 3.58. The quantitative estimate of drug-likeness (QED) is 0.477. The second kappa shape index (κ2) is 5.95. The van der Waals surface area contributed by atoms with E-state index < -0.39 is 4.92 Å². The molecule has 0 aliphatic rings. The van der Waals surface area contributed by atoms with Crippen molar-refractivity contribution in [3.05, 3.63) is 38.8 Å². The van der Waals surface area contributed by atoms with Crippen molar-refractivity contribution in [2.24, 2.45) is 11.8 Å². The van der Waals surface area contributed by atoms with Gasteiger partial charge in [-0.25, -0.2) is 0 Å². The van der Waals surface area contributed by atoms with Crippen LogP contribution in [0.2, 0.25) is 0 Å². The van der Waals surface area contributed by atoms with Crippen molar-refractivity contribution in [2.45, 2.75) is 20.4 Å². The maximum Gasteiger partial charge on any atom is 0.285 e. The largest absolute Gasteiger partial charge is 0.309 e. The predicted molar refractivity (Wildman–Crippen MR) is 69.5 cm³/mol. The topological polar surface area (TPSA) is 65.1 Å². The van der Waals surface area contributed by atoms with E-state index in [0.29, 0.717) is 12.5 Å². The van der Waals surface area contributed by atoms with Gasteiger partial charge in [-0.1, -0.05) is 29.8 Å². The molecule has 1 aromatic heterocycles. The Morgan fingerprint density at radius 3 is 2.59 bits per heavy atom. The van der Waals surface area contributed by atoms with Gasteiger partial charge in [-0.15, -0.1) is 0 Å². The normalized spacial score (nSPS) is 12.7. The maximum atomic E-state index is 11.6. The van der Waals surface area contributed by atoms with Crippen molar-refractivity contribution in [1.82, 2.24) is 4.57 Å². The number of nitrogens with zero attached hydrogens (tertiary/aromatic N) is 2. The zero-order valence-corrected chi connectivity index (χ0v) is 11.4. The molecule has 0 N–H and O–H groups in total. The minimum absolute atomic E-state index is 0.0540. The van der Waals surface area contributed by atoms with Gasteiger partial charge in [-0.05, 0) is 11.8 Å². The van der Waals surface area contributed by atoms with Crippen molar-refractivity contribution in [2.75, 3.05) is 5.33 Å². The predicted octanol–water partition coefficient (Wildman–Crippen LogP) is 2.42. The zero-order chi connectivity index (χ0) is 13.0. The molecule has 5 nitrogen and oxygen atoms in total. The van der Waals surface area contributed by atoms with Gasteiger partial charge >= 0.3 is 0 Å². The Labute approximate surface area is 108 Å². The lowest BCUT2D eigenvalue weighted by Gasteiger charge is -2.18. The van der Waals surface area contributed by atoms with Crippen molar-refractivity contribution < 1.29 is 4.92 Å². The van der Waals surface area contributed by atoms with Crippen LogP contribution in [-0.4, -0.2) is 14.8 Å². The first kappa shape index (κ1) is 13.9. The Balaban J connectivity index is 3.00. The molecular weight excluding hydrogens is 288 g/mol. The average molecular weight is 303 g/mol. The number of aromatic nitrogens is 1. The molecule has 0 fully saturated rings. The van der Waals surface area contributed by atoms with E-state index in [0.717, 1.165) is 5.33 Å². The highest BCUT2D eigenvalue weighted by molar-refractivity contribution is 9.09. The Morgan fingerprint density at radius 1 is 1.47 bits per heavy atom. The molecule has 0 saturated carbocycles. The number of hydrogen-bond donors (Lipinski definition) is 0. The standard InChI is InChI=1S/C11H15BrN2O3/c1-8(2)9(5-12)6-13-7-10(14(16)17)3-4-11(13)15/h3-4,7-9H,5-6H2,1-2H3. The van der Waals surface area contributed by atoms with E-state index in [-0.39, 0.29) is 17.2 Å². The molecule has 0 radical (unpaired) electrons. The van der Waals surface area contributed by atoms with Gasteiger partial charge in [0.2, 0.25) is 0 Å². The monoisotopic (exact) mass is 302 g/mol. The van der Waals surface area contributed by atoms with Crippen molar-refractivity contribution in [1.29, 1.82) is 0 Å². The number of alkyl halides is 1. The lowest BCUT2D eigenvalue weighted by molar-refractivity contribution is -0.385. The lowest BCUT2D eigenvalue weighted by Crippen LogP contribution is -2.26. The summed E-state index contributed by atoms with van der Waals surface area (Å²) in [6.07, 6.45) is 1.31. The number of hydrogen-bond acceptors (Lipinski definition) is 3. The first-order valence-electron chi connectivity index (χ1n) is 5.36. The van der Waals surface area contributed by atoms with Crippen LogP contribution in [0, 0.1) is 22.0 Å². The lowest BCUT2D eigenvalue weighted by atomic mass is 9.98. The Bertz CT molecular complexity index is 456. The van der Waals surface area contributed by atoms with E-state index in [1.165, 1.54) is 22.9 Å². The van der Waals surface area contributed by atoms with Gasteiger partial charge in [0.05, 0.1) is 11.1 Å². The molecule has 1 heterocycles. The molecular formula is C11H15BrN2O3. The molecule has 0 aromatic carbocycles. The summed E-state index contributed by atoms with van der Waals surface area (Å²) in [6, 6.07) is 2.47. The number of nitro groups is 1. The van der Waals surface area contributed by atoms with Crippen molar-refractivity contribution in [3.8, 4) is 0 Å². The summed E-state index contributed by atoms with van der Waals surface area (Å²) in [6.45, 7) is 4.62. The summed E-state index contributed by atoms with van der Waals surface area (Å²) in [5.41, 5.74) is -0.260. The minimum atomic E-state index is -0.492. The van der Waals surface area contributed by atoms with Crippen LogP contribution >= 0.6 is 15.9 Å². The number of pyridine rings is 1. The number of rotatable bonds is 5. The first-order valence-corrected chi connectivity index (χ1v) is 6.48. The second-order valence-corrected chi connectivity index (χ2v) is 4.94. The molecule has 6 heteroatoms. The molecule has 17 heavy (non-hydrogen) atoms. The van der Waals surface area contributed by atoms with Crippen LogP contribution in [-0.2, 0) is 6.54 Å². The van der Waals surface area contributed by atoms with E-state index >= 15 is 0 Å². The van der Waals surface area contributed by atoms with Crippen LogP contribution in [0.15, 0.2) is 23.1 Å². The Kier molecular flexibility index (Phi) is 4.86. The highest BCUT2D eigenvalue weighted by atomic mass is 79.9. The van der Waals surface area contributed by atoms with Crippen LogP contribution in [0.5, 0.6) is 0 Å². The van der Waals surface area contributed by atoms with Crippen LogP contribution in [0.4, 0.5) is 5.69 Å². The molecule has 0 spiro atoms. The van der Waals surface area contributed by atoms with E-state index in [2.05, 4.69) is 29.8 Å². The summed E-state index contributed by atoms with van der Waals surface area (Å²) in [4.78, 5) is 21.7. The average Bonchev–Trinajstić information content (AvgIpc) is 2.27. The van der Waals surface area contributed by atoms with Crippen molar-refractivity contribution in [3.63, 3.8) is 0 Å². The molecule has 1 rings (SSSR count). The van der Waals surface area contributed by atoms with Gasteiger partial charge in [-0.3, -0.25) is 14.9 Å². The van der Waals surface area contributed by atoms with Gasteiger partial charge < -0.3 is 4.57 Å². The van der Waals surface area contributed by atoms with Gasteiger partial charge in [-0.2, -0.15) is 0 Å². The summed E-state index contributed by atoms with van der Waals surface area (Å²) in [7, 11) is 0. The molecule has 0 aliphatic carbocycles. The van der Waals surface area contributed by atoms with Crippen molar-refractivity contribution >= 4 is 21.6 Å². The van der Waals surface area contributed by atoms with E-state index in [9.17, 15) is 14.9 Å². The fraction of sp³-hybridized carbons (Fsp3) is 0.545. The molecule has 94 valence electrons. The molecule has 0 bridgehead atoms. The van der Waals surface area contributed by atoms with Crippen LogP contribution < -0.4 is 5.56 Å². The molecule has 0 amide bonds. The Hall–Kier alpha value is -1.17. The fourth-order valence-corrected chi connectivity index (χ4v) is 2.41. The highest BCUT2D eigenvalue weighted by Crippen LogP contribution is 2.16. The summed E-state index contributed by atoms with van der Waals surface area (Å²) in [5, 5.41) is 11.4. The zero-order valence-electron chi connectivity index (χ0n) is 9.80. The highest BCUT2D eigenvalue weighted by Gasteiger charge is 2.15. The molecule has 0 saturated heterocycles. The maximum absolute atomic E-state index is 11.6. The second-order valence-electron chi connectivity index (χ2n) is 4.29. The van der Waals surface area contributed by atoms with Crippen LogP contribution in [0.3, 0.4) is 0 Å². The van der Waals surface area contributed by atoms with E-state index in [1.54, 1.807) is 0 Å². The Morgan fingerprint density at radius 2 is 2.12 bits per heavy atom. The molecule has 0 aliphatic heterocycles. The summed E-state index contributed by atoms with van der Waals surface area (Å²) < 4.78 is 1.41. The van der Waals surface area contributed by atoms with Crippen LogP contribution in [0.1, 0.15) is 13.8 Å². The summed E-state index contributed by atoms with van der Waals surface area (Å²) >= 11 is 3.40. The smallest absolute Gasteiger partial charge is 0.285 e. The molecule has 1 aromatic rings. The van der Waals surface area contributed by atoms with Crippen LogP contribution in [0.25, 0.3) is 0 Å². The van der Waals surface area contributed by atoms with E-state index in [1.807, 2.05) is 0 Å². The van der Waals surface area contributed by atoms with Gasteiger partial charge in [0, 0.05) is 24.0 Å². The summed E-state index contributed by atoms with van der Waals surface area (Å²) in [5.74, 6) is 0.676. The first-order chi connectivity index (χ1) is 7.95. The minimum Gasteiger partial charge on any atom is -0.309 e. The van der Waals surface area contributed by atoms with E-state index in [4.69, 9.17) is 0 Å². The number of halogens is 1.